The second kappa shape index (κ2) is 4.47. The van der Waals surface area contributed by atoms with Crippen molar-refractivity contribution < 1.29 is 0 Å². The van der Waals surface area contributed by atoms with Gasteiger partial charge in [0.2, 0.25) is 0 Å². The smallest absolute Gasteiger partial charge is 0.265 e. The normalized spacial score (nSPS) is 25.7. The Morgan fingerprint density at radius 2 is 2.40 bits per heavy atom. The van der Waals surface area contributed by atoms with Crippen molar-refractivity contribution in [2.75, 3.05) is 0 Å². The summed E-state index contributed by atoms with van der Waals surface area (Å²) in [5.41, 5.74) is -0.0695. The van der Waals surface area contributed by atoms with E-state index in [0.717, 1.165) is 18.2 Å². The molecule has 0 aromatic carbocycles. The van der Waals surface area contributed by atoms with Gasteiger partial charge in [-0.15, -0.1) is 0 Å². The zero-order valence-corrected chi connectivity index (χ0v) is 10.4. The lowest BCUT2D eigenvalue weighted by atomic mass is 10.0. The minimum atomic E-state index is -0.0695. The number of hydrogen-bond donors (Lipinski definition) is 1. The van der Waals surface area contributed by atoms with Crippen LogP contribution < -0.4 is 5.56 Å². The van der Waals surface area contributed by atoms with Gasteiger partial charge in [0.05, 0.1) is 0 Å². The summed E-state index contributed by atoms with van der Waals surface area (Å²) in [6.45, 7) is 2.23. The molecule has 1 aliphatic carbocycles. The van der Waals surface area contributed by atoms with Crippen LogP contribution in [0.1, 0.15) is 44.3 Å². The Morgan fingerprint density at radius 3 is 3.00 bits per heavy atom. The highest BCUT2D eigenvalue weighted by atomic mass is 79.9. The maximum atomic E-state index is 11.4. The fraction of sp³-hybridized carbons (Fsp3) is 0.636. The molecule has 2 rings (SSSR count). The average Bonchev–Trinajstić information content (AvgIpc) is 2.70. The molecule has 2 unspecified atom stereocenters. The Kier molecular flexibility index (Phi) is 3.24. The Morgan fingerprint density at radius 1 is 1.60 bits per heavy atom. The number of aromatic amines is 1. The van der Waals surface area contributed by atoms with Gasteiger partial charge < -0.3 is 4.98 Å². The second-order valence-electron chi connectivity index (χ2n) is 4.23. The molecule has 4 heteroatoms. The van der Waals surface area contributed by atoms with Crippen molar-refractivity contribution >= 4 is 15.9 Å². The van der Waals surface area contributed by atoms with Gasteiger partial charge in [0.1, 0.15) is 10.3 Å². The van der Waals surface area contributed by atoms with Crippen molar-refractivity contribution in [3.63, 3.8) is 0 Å². The number of H-pyrrole nitrogens is 1. The predicted molar refractivity (Wildman–Crippen MR) is 62.9 cm³/mol. The molecule has 1 heterocycles. The maximum absolute atomic E-state index is 11.4. The summed E-state index contributed by atoms with van der Waals surface area (Å²) in [6.07, 6.45) is 6.43. The standard InChI is InChI=1S/C11H15BrN2O/c1-2-7-3-4-8(5-7)10-13-6-9(12)11(15)14-10/h6-8H,2-5H2,1H3,(H,13,14,15). The maximum Gasteiger partial charge on any atom is 0.265 e. The molecule has 15 heavy (non-hydrogen) atoms. The van der Waals surface area contributed by atoms with E-state index < -0.39 is 0 Å². The molecule has 2 atom stereocenters. The number of halogens is 1. The van der Waals surface area contributed by atoms with Crippen molar-refractivity contribution in [2.45, 2.75) is 38.5 Å². The molecule has 1 aromatic rings. The van der Waals surface area contributed by atoms with Crippen molar-refractivity contribution in [1.29, 1.82) is 0 Å². The van der Waals surface area contributed by atoms with Crippen LogP contribution in [0.4, 0.5) is 0 Å². The molecule has 1 aromatic heterocycles. The molecule has 1 N–H and O–H groups in total. The topological polar surface area (TPSA) is 45.8 Å². The van der Waals surface area contributed by atoms with E-state index in [1.165, 1.54) is 19.3 Å². The Hall–Kier alpha value is -0.640. The van der Waals surface area contributed by atoms with Crippen LogP contribution in [0.15, 0.2) is 15.5 Å². The monoisotopic (exact) mass is 270 g/mol. The summed E-state index contributed by atoms with van der Waals surface area (Å²) in [6, 6.07) is 0. The Labute approximate surface area is 97.4 Å². The average molecular weight is 271 g/mol. The zero-order valence-electron chi connectivity index (χ0n) is 8.79. The molecule has 0 saturated heterocycles. The van der Waals surface area contributed by atoms with E-state index in [2.05, 4.69) is 32.8 Å². The number of aromatic nitrogens is 2. The molecule has 0 spiro atoms. The molecular weight excluding hydrogens is 256 g/mol. The number of nitrogens with zero attached hydrogens (tertiary/aromatic N) is 1. The molecule has 0 bridgehead atoms. The van der Waals surface area contributed by atoms with Crippen LogP contribution in [0.5, 0.6) is 0 Å². The van der Waals surface area contributed by atoms with Crippen molar-refractivity contribution in [2.24, 2.45) is 5.92 Å². The highest BCUT2D eigenvalue weighted by molar-refractivity contribution is 9.10. The van der Waals surface area contributed by atoms with Crippen LogP contribution in [-0.4, -0.2) is 9.97 Å². The van der Waals surface area contributed by atoms with Gasteiger partial charge in [0.25, 0.3) is 5.56 Å². The third-order valence-electron chi connectivity index (χ3n) is 3.28. The molecule has 1 aliphatic rings. The quantitative estimate of drug-likeness (QED) is 0.899. The molecule has 82 valence electrons. The minimum absolute atomic E-state index is 0.0695. The second-order valence-corrected chi connectivity index (χ2v) is 5.08. The summed E-state index contributed by atoms with van der Waals surface area (Å²) in [4.78, 5) is 18.5. The zero-order chi connectivity index (χ0) is 10.8. The highest BCUT2D eigenvalue weighted by Gasteiger charge is 2.26. The summed E-state index contributed by atoms with van der Waals surface area (Å²) in [5.74, 6) is 2.12. The Balaban J connectivity index is 2.17. The molecular formula is C11H15BrN2O. The van der Waals surface area contributed by atoms with Gasteiger partial charge in [-0.2, -0.15) is 0 Å². The van der Waals surface area contributed by atoms with Gasteiger partial charge in [-0.3, -0.25) is 4.79 Å². The number of hydrogen-bond acceptors (Lipinski definition) is 2. The van der Waals surface area contributed by atoms with Crippen LogP contribution in [0.3, 0.4) is 0 Å². The van der Waals surface area contributed by atoms with Crippen LogP contribution >= 0.6 is 15.9 Å². The summed E-state index contributed by atoms with van der Waals surface area (Å²) >= 11 is 3.16. The van der Waals surface area contributed by atoms with Crippen LogP contribution in [-0.2, 0) is 0 Å². The van der Waals surface area contributed by atoms with Crippen molar-refractivity contribution in [3.05, 3.63) is 26.8 Å². The SMILES string of the molecule is CCC1CCC(c2ncc(Br)c(=O)[nH]2)C1. The van der Waals surface area contributed by atoms with Crippen LogP contribution in [0.2, 0.25) is 0 Å². The first-order chi connectivity index (χ1) is 7.20. The largest absolute Gasteiger partial charge is 0.309 e. The first-order valence-corrected chi connectivity index (χ1v) is 6.24. The lowest BCUT2D eigenvalue weighted by Gasteiger charge is -2.08. The minimum Gasteiger partial charge on any atom is -0.309 e. The van der Waals surface area contributed by atoms with Gasteiger partial charge >= 0.3 is 0 Å². The fourth-order valence-corrected chi connectivity index (χ4v) is 2.50. The van der Waals surface area contributed by atoms with Crippen molar-refractivity contribution in [1.82, 2.24) is 9.97 Å². The Bertz CT molecular complexity index is 402. The first kappa shape index (κ1) is 10.9. The van der Waals surface area contributed by atoms with Gasteiger partial charge in [-0.25, -0.2) is 4.98 Å². The number of rotatable bonds is 2. The third-order valence-corrected chi connectivity index (χ3v) is 3.85. The van der Waals surface area contributed by atoms with Crippen LogP contribution in [0, 0.1) is 5.92 Å². The van der Waals surface area contributed by atoms with E-state index in [4.69, 9.17) is 0 Å². The number of nitrogens with one attached hydrogen (secondary N) is 1. The summed E-state index contributed by atoms with van der Waals surface area (Å²) < 4.78 is 0.510. The van der Waals surface area contributed by atoms with Gasteiger partial charge in [-0.05, 0) is 41.1 Å². The van der Waals surface area contributed by atoms with E-state index in [0.29, 0.717) is 10.4 Å². The molecule has 3 nitrogen and oxygen atoms in total. The molecule has 1 fully saturated rings. The van der Waals surface area contributed by atoms with E-state index >= 15 is 0 Å². The highest BCUT2D eigenvalue weighted by Crippen LogP contribution is 2.37. The molecule has 0 aliphatic heterocycles. The summed E-state index contributed by atoms with van der Waals surface area (Å²) in [5, 5.41) is 0. The summed E-state index contributed by atoms with van der Waals surface area (Å²) in [7, 11) is 0. The van der Waals surface area contributed by atoms with E-state index in [1.807, 2.05) is 0 Å². The first-order valence-electron chi connectivity index (χ1n) is 5.45. The predicted octanol–water partition coefficient (Wildman–Crippen LogP) is 2.83. The van der Waals surface area contributed by atoms with E-state index in [9.17, 15) is 4.79 Å². The van der Waals surface area contributed by atoms with Gasteiger partial charge in [0, 0.05) is 12.1 Å². The van der Waals surface area contributed by atoms with E-state index in [-0.39, 0.29) is 5.56 Å². The van der Waals surface area contributed by atoms with E-state index in [1.54, 1.807) is 6.20 Å². The fourth-order valence-electron chi connectivity index (χ4n) is 2.29. The lowest BCUT2D eigenvalue weighted by Crippen LogP contribution is -2.13. The molecule has 0 radical (unpaired) electrons. The van der Waals surface area contributed by atoms with Crippen molar-refractivity contribution in [3.8, 4) is 0 Å². The third kappa shape index (κ3) is 2.30. The van der Waals surface area contributed by atoms with Crippen LogP contribution in [0.25, 0.3) is 0 Å². The molecule has 1 saturated carbocycles. The van der Waals surface area contributed by atoms with Gasteiger partial charge in [-0.1, -0.05) is 13.3 Å². The van der Waals surface area contributed by atoms with Gasteiger partial charge in [0.15, 0.2) is 0 Å². The lowest BCUT2D eigenvalue weighted by molar-refractivity contribution is 0.516. The molecule has 0 amide bonds.